The quantitative estimate of drug-likeness (QED) is 0.631. The van der Waals surface area contributed by atoms with E-state index in [0.717, 1.165) is 29.5 Å². The molecular weight excluding hydrogens is 416 g/mol. The van der Waals surface area contributed by atoms with E-state index in [-0.39, 0.29) is 27.0 Å². The number of hydrogen-bond donors (Lipinski definition) is 1. The van der Waals surface area contributed by atoms with Crippen LogP contribution in [-0.4, -0.2) is 28.3 Å². The van der Waals surface area contributed by atoms with E-state index in [4.69, 9.17) is 8.89 Å². The number of anilines is 1. The molecule has 0 fully saturated rings. The van der Waals surface area contributed by atoms with E-state index in [9.17, 15) is 17.8 Å². The topological polar surface area (TPSA) is 74.1 Å². The fourth-order valence-corrected chi connectivity index (χ4v) is 4.91. The van der Waals surface area contributed by atoms with Gasteiger partial charge in [0.05, 0.1) is 21.8 Å². The molecule has 9 heteroatoms. The first-order chi connectivity index (χ1) is 14.8. The normalized spacial score (nSPS) is 15.1. The number of amides is 1. The number of aryl methyl sites for hydroxylation is 1. The number of carbonyl (C=O) groups is 1. The molecule has 3 rings (SSSR count). The maximum atomic E-state index is 14.0. The Balaban J connectivity index is 1.89. The van der Waals surface area contributed by atoms with E-state index < -0.39 is 34.2 Å². The fraction of sp³-hybridized carbons (Fsp3) is 0.200. The van der Waals surface area contributed by atoms with Gasteiger partial charge in [0.15, 0.2) is 5.13 Å². The number of carbonyl (C=O) groups excluding carboxylic acids is 1. The van der Waals surface area contributed by atoms with E-state index in [1.165, 1.54) is 37.4 Å². The van der Waals surface area contributed by atoms with Crippen LogP contribution in [0.2, 0.25) is 0 Å². The lowest BCUT2D eigenvalue weighted by molar-refractivity contribution is -0.117. The van der Waals surface area contributed by atoms with Crippen LogP contribution in [0.15, 0.2) is 46.7 Å². The predicted molar refractivity (Wildman–Crippen MR) is 111 cm³/mol. The Bertz CT molecular complexity index is 1270. The number of benzene rings is 2. The number of thiazole rings is 1. The van der Waals surface area contributed by atoms with Crippen molar-refractivity contribution >= 4 is 32.1 Å². The van der Waals surface area contributed by atoms with Gasteiger partial charge in [-0.1, -0.05) is 35.6 Å². The minimum atomic E-state index is -3.14. The second-order valence-electron chi connectivity index (χ2n) is 6.44. The minimum absolute atomic E-state index is 0.0661. The van der Waals surface area contributed by atoms with E-state index in [1.807, 2.05) is 0 Å². The van der Waals surface area contributed by atoms with Crippen LogP contribution in [0.5, 0.6) is 0 Å². The lowest BCUT2D eigenvalue weighted by Gasteiger charge is -2.14. The molecular formula is C20H19F2N3O2S2. The number of aromatic nitrogens is 1. The molecule has 1 unspecified atom stereocenters. The van der Waals surface area contributed by atoms with Crippen LogP contribution in [-0.2, 0) is 20.9 Å². The third-order valence-corrected chi connectivity index (χ3v) is 7.23. The number of nitrogens with zero attached hydrogens (tertiary/aromatic N) is 2. The lowest BCUT2D eigenvalue weighted by atomic mass is 10.0. The smallest absolute Gasteiger partial charge is 0.232 e. The van der Waals surface area contributed by atoms with Crippen molar-refractivity contribution in [2.45, 2.75) is 17.6 Å². The Hall–Kier alpha value is -2.65. The summed E-state index contributed by atoms with van der Waals surface area (Å²) in [6.07, 6.45) is 0.905. The Kier molecular flexibility index (Phi) is 4.75. The van der Waals surface area contributed by atoms with Gasteiger partial charge in [0, 0.05) is 22.9 Å². The number of halogens is 2. The standard InChI is InChI=1S/C20H19F2N3O2S2/c1-12-19(29(3,23)27)28-20(24-12)25(2)18(26)10-13-4-6-14(7-5-13)16-11-15(21)8-9-17(16)22/h4-9,11,23H,10H2,1-3H3/i2D3. The van der Waals surface area contributed by atoms with Gasteiger partial charge < -0.3 is 0 Å². The summed E-state index contributed by atoms with van der Waals surface area (Å²) < 4.78 is 70.6. The maximum absolute atomic E-state index is 14.0. The zero-order valence-corrected chi connectivity index (χ0v) is 17.2. The van der Waals surface area contributed by atoms with Crippen molar-refractivity contribution in [3.8, 4) is 11.1 Å². The molecule has 1 heterocycles. The van der Waals surface area contributed by atoms with Gasteiger partial charge in [0.2, 0.25) is 5.91 Å². The number of hydrogen-bond acceptors (Lipinski definition) is 5. The molecule has 29 heavy (non-hydrogen) atoms. The van der Waals surface area contributed by atoms with Crippen molar-refractivity contribution in [3.05, 3.63) is 65.4 Å². The van der Waals surface area contributed by atoms with Crippen LogP contribution < -0.4 is 4.90 Å². The number of nitrogens with one attached hydrogen (secondary N) is 1. The van der Waals surface area contributed by atoms with Crippen molar-refractivity contribution in [3.63, 3.8) is 0 Å². The van der Waals surface area contributed by atoms with Gasteiger partial charge in [-0.25, -0.2) is 22.8 Å². The van der Waals surface area contributed by atoms with E-state index in [0.29, 0.717) is 16.0 Å². The van der Waals surface area contributed by atoms with Gasteiger partial charge in [-0.3, -0.25) is 9.69 Å². The van der Waals surface area contributed by atoms with Crippen molar-refractivity contribution < 1.29 is 21.9 Å². The largest absolute Gasteiger partial charge is 0.291 e. The summed E-state index contributed by atoms with van der Waals surface area (Å²) in [5.41, 5.74) is 1.16. The molecule has 3 aromatic rings. The highest BCUT2D eigenvalue weighted by Gasteiger charge is 2.20. The van der Waals surface area contributed by atoms with E-state index >= 15 is 0 Å². The highest BCUT2D eigenvalue weighted by atomic mass is 32.2. The Labute approximate surface area is 176 Å². The molecule has 152 valence electrons. The van der Waals surface area contributed by atoms with Gasteiger partial charge in [-0.15, -0.1) is 0 Å². The molecule has 0 aliphatic rings. The first kappa shape index (κ1) is 17.2. The molecule has 0 aliphatic carbocycles. The lowest BCUT2D eigenvalue weighted by Crippen LogP contribution is -2.27. The second kappa shape index (κ2) is 8.00. The Morgan fingerprint density at radius 2 is 1.97 bits per heavy atom. The van der Waals surface area contributed by atoms with Crippen molar-refractivity contribution in [2.75, 3.05) is 18.1 Å². The molecule has 0 radical (unpaired) electrons. The highest BCUT2D eigenvalue weighted by molar-refractivity contribution is 7.93. The average molecular weight is 439 g/mol. The first-order valence-corrected chi connectivity index (χ1v) is 11.1. The van der Waals surface area contributed by atoms with Crippen molar-refractivity contribution in [1.29, 1.82) is 4.78 Å². The van der Waals surface area contributed by atoms with Crippen LogP contribution in [0.3, 0.4) is 0 Å². The molecule has 0 spiro atoms. The molecule has 5 nitrogen and oxygen atoms in total. The van der Waals surface area contributed by atoms with Crippen molar-refractivity contribution in [2.24, 2.45) is 0 Å². The SMILES string of the molecule is [2H]C([2H])([2H])N(C(=O)Cc1ccc(-c2cc(F)ccc2F)cc1)c1nc(C)c(S(C)(=N)=O)s1. The second-order valence-corrected chi connectivity index (χ2v) is 9.77. The summed E-state index contributed by atoms with van der Waals surface area (Å²) in [5, 5.41) is -0.164. The van der Waals surface area contributed by atoms with Crippen LogP contribution in [0, 0.1) is 23.3 Å². The molecule has 2 aromatic carbocycles. The summed E-state index contributed by atoms with van der Waals surface area (Å²) in [7, 11) is -3.14. The number of likely N-dealkylation sites (N-methyl/N-ethyl adjacent to an activating group) is 1. The van der Waals surface area contributed by atoms with Gasteiger partial charge in [0.25, 0.3) is 0 Å². The third-order valence-electron chi connectivity index (χ3n) is 4.09. The van der Waals surface area contributed by atoms with Crippen LogP contribution in [0.25, 0.3) is 11.1 Å². The van der Waals surface area contributed by atoms with Crippen LogP contribution in [0.1, 0.15) is 15.4 Å². The molecule has 1 aromatic heterocycles. The number of rotatable bonds is 5. The van der Waals surface area contributed by atoms with E-state index in [2.05, 4.69) is 4.98 Å². The van der Waals surface area contributed by atoms with Crippen molar-refractivity contribution in [1.82, 2.24) is 4.98 Å². The van der Waals surface area contributed by atoms with E-state index in [1.54, 1.807) is 0 Å². The van der Waals surface area contributed by atoms with Gasteiger partial charge in [-0.2, -0.15) is 0 Å². The molecule has 0 saturated heterocycles. The van der Waals surface area contributed by atoms with Gasteiger partial charge in [0.1, 0.15) is 15.8 Å². The van der Waals surface area contributed by atoms with Crippen LogP contribution >= 0.6 is 11.3 Å². The Morgan fingerprint density at radius 1 is 1.28 bits per heavy atom. The highest BCUT2D eigenvalue weighted by Crippen LogP contribution is 2.30. The molecule has 0 bridgehead atoms. The zero-order chi connectivity index (χ0) is 23.8. The van der Waals surface area contributed by atoms with Gasteiger partial charge in [-0.05, 0) is 36.2 Å². The van der Waals surface area contributed by atoms with Gasteiger partial charge >= 0.3 is 0 Å². The summed E-state index contributed by atoms with van der Waals surface area (Å²) in [5.74, 6) is -1.96. The zero-order valence-electron chi connectivity index (χ0n) is 18.5. The molecule has 1 amide bonds. The molecule has 0 saturated carbocycles. The fourth-order valence-electron chi connectivity index (χ4n) is 2.71. The predicted octanol–water partition coefficient (Wildman–Crippen LogP) is 4.64. The Morgan fingerprint density at radius 3 is 2.55 bits per heavy atom. The molecule has 0 aliphatic heterocycles. The molecule has 1 atom stereocenters. The summed E-state index contributed by atoms with van der Waals surface area (Å²) in [6, 6.07) is 9.17. The maximum Gasteiger partial charge on any atom is 0.232 e. The third kappa shape index (κ3) is 4.68. The summed E-state index contributed by atoms with van der Waals surface area (Å²) >= 11 is 0.737. The summed E-state index contributed by atoms with van der Waals surface area (Å²) in [6.45, 7) is -1.35. The molecule has 1 N–H and O–H groups in total. The van der Waals surface area contributed by atoms with Crippen LogP contribution in [0.4, 0.5) is 13.9 Å². The first-order valence-electron chi connectivity index (χ1n) is 9.86. The summed E-state index contributed by atoms with van der Waals surface area (Å²) in [4.78, 5) is 17.5. The monoisotopic (exact) mass is 438 g/mol. The minimum Gasteiger partial charge on any atom is -0.291 e. The average Bonchev–Trinajstić information content (AvgIpc) is 3.04.